The molecule has 2 amide bonds. The Hall–Kier alpha value is -3.22. The van der Waals surface area contributed by atoms with Crippen LogP contribution in [0.25, 0.3) is 0 Å². The first-order valence-corrected chi connectivity index (χ1v) is 9.46. The summed E-state index contributed by atoms with van der Waals surface area (Å²) in [6.07, 6.45) is 5.50. The van der Waals surface area contributed by atoms with Crippen LogP contribution in [0.3, 0.4) is 0 Å². The second kappa shape index (κ2) is 9.12. The standard InChI is InChI=1S/C21H23N3O4/c25-20(14-15-10-12-17(13-11-15)24(27)28)23-19-9-5-4-8-18(19)21(26)22-16-6-2-1-3-7-16/h4-5,8-13,16H,1-3,6-7,14H2,(H,22,26)(H,23,25). The molecule has 1 fully saturated rings. The first-order valence-electron chi connectivity index (χ1n) is 9.46. The highest BCUT2D eigenvalue weighted by Gasteiger charge is 2.19. The molecule has 3 rings (SSSR count). The molecule has 7 nitrogen and oxygen atoms in total. The number of carbonyl (C=O) groups is 2. The van der Waals surface area contributed by atoms with Gasteiger partial charge in [-0.15, -0.1) is 0 Å². The van der Waals surface area contributed by atoms with Crippen molar-refractivity contribution >= 4 is 23.2 Å². The number of benzene rings is 2. The maximum Gasteiger partial charge on any atom is 0.269 e. The van der Waals surface area contributed by atoms with Crippen LogP contribution < -0.4 is 10.6 Å². The second-order valence-corrected chi connectivity index (χ2v) is 7.00. The minimum atomic E-state index is -0.481. The second-order valence-electron chi connectivity index (χ2n) is 7.00. The summed E-state index contributed by atoms with van der Waals surface area (Å²) in [6, 6.07) is 13.0. The molecule has 0 unspecified atom stereocenters. The maximum absolute atomic E-state index is 12.6. The summed E-state index contributed by atoms with van der Waals surface area (Å²) in [5, 5.41) is 16.6. The van der Waals surface area contributed by atoms with Crippen LogP contribution >= 0.6 is 0 Å². The van der Waals surface area contributed by atoms with Crippen molar-refractivity contribution in [2.75, 3.05) is 5.32 Å². The number of anilines is 1. The third kappa shape index (κ3) is 5.16. The zero-order valence-electron chi connectivity index (χ0n) is 15.5. The van der Waals surface area contributed by atoms with Crippen molar-refractivity contribution in [1.82, 2.24) is 5.32 Å². The van der Waals surface area contributed by atoms with Gasteiger partial charge in [-0.3, -0.25) is 19.7 Å². The summed E-state index contributed by atoms with van der Waals surface area (Å²) in [4.78, 5) is 35.3. The number of rotatable bonds is 6. The Morgan fingerprint density at radius 3 is 2.36 bits per heavy atom. The average Bonchev–Trinajstić information content (AvgIpc) is 2.69. The van der Waals surface area contributed by atoms with E-state index >= 15 is 0 Å². The number of nitrogens with one attached hydrogen (secondary N) is 2. The molecule has 2 aromatic rings. The number of nitro benzene ring substituents is 1. The van der Waals surface area contributed by atoms with E-state index in [1.807, 2.05) is 0 Å². The smallest absolute Gasteiger partial charge is 0.269 e. The summed E-state index contributed by atoms with van der Waals surface area (Å²) in [5.74, 6) is -0.468. The van der Waals surface area contributed by atoms with Crippen LogP contribution in [0, 0.1) is 10.1 Å². The number of nitro groups is 1. The van der Waals surface area contributed by atoms with Crippen LogP contribution in [-0.4, -0.2) is 22.8 Å². The van der Waals surface area contributed by atoms with Crippen LogP contribution in [-0.2, 0) is 11.2 Å². The third-order valence-corrected chi connectivity index (χ3v) is 4.90. The molecular weight excluding hydrogens is 358 g/mol. The van der Waals surface area contributed by atoms with E-state index in [-0.39, 0.29) is 30.0 Å². The Morgan fingerprint density at radius 1 is 1.00 bits per heavy atom. The maximum atomic E-state index is 12.6. The van der Waals surface area contributed by atoms with Gasteiger partial charge in [0.25, 0.3) is 11.6 Å². The topological polar surface area (TPSA) is 101 Å². The first-order chi connectivity index (χ1) is 13.5. The van der Waals surface area contributed by atoms with Crippen molar-refractivity contribution in [2.24, 2.45) is 0 Å². The molecule has 0 aliphatic heterocycles. The molecule has 0 bridgehead atoms. The van der Waals surface area contributed by atoms with E-state index in [2.05, 4.69) is 10.6 Å². The molecule has 2 aromatic carbocycles. The molecular formula is C21H23N3O4. The number of non-ortho nitro benzene ring substituents is 1. The lowest BCUT2D eigenvalue weighted by molar-refractivity contribution is -0.384. The van der Waals surface area contributed by atoms with Crippen LogP contribution in [0.1, 0.15) is 48.0 Å². The van der Waals surface area contributed by atoms with Crippen molar-refractivity contribution in [2.45, 2.75) is 44.6 Å². The van der Waals surface area contributed by atoms with Crippen LogP contribution in [0.15, 0.2) is 48.5 Å². The highest BCUT2D eigenvalue weighted by molar-refractivity contribution is 6.04. The zero-order chi connectivity index (χ0) is 19.9. The Labute approximate surface area is 163 Å². The fraction of sp³-hybridized carbons (Fsp3) is 0.333. The summed E-state index contributed by atoms with van der Waals surface area (Å²) in [7, 11) is 0. The van der Waals surface area contributed by atoms with Crippen molar-refractivity contribution in [3.63, 3.8) is 0 Å². The van der Waals surface area contributed by atoms with Gasteiger partial charge in [-0.1, -0.05) is 43.5 Å². The van der Waals surface area contributed by atoms with Crippen molar-refractivity contribution in [1.29, 1.82) is 0 Å². The molecule has 1 aliphatic carbocycles. The van der Waals surface area contributed by atoms with E-state index in [0.717, 1.165) is 25.7 Å². The van der Waals surface area contributed by atoms with E-state index < -0.39 is 4.92 Å². The van der Waals surface area contributed by atoms with Crippen molar-refractivity contribution < 1.29 is 14.5 Å². The van der Waals surface area contributed by atoms with E-state index in [0.29, 0.717) is 16.8 Å². The fourth-order valence-corrected chi connectivity index (χ4v) is 3.42. The first kappa shape index (κ1) is 19.5. The van der Waals surface area contributed by atoms with E-state index in [1.165, 1.54) is 18.6 Å². The molecule has 0 heterocycles. The Kier molecular flexibility index (Phi) is 6.37. The molecule has 0 spiro atoms. The van der Waals surface area contributed by atoms with Gasteiger partial charge in [0, 0.05) is 18.2 Å². The molecule has 146 valence electrons. The largest absolute Gasteiger partial charge is 0.349 e. The summed E-state index contributed by atoms with van der Waals surface area (Å²) < 4.78 is 0. The monoisotopic (exact) mass is 381 g/mol. The van der Waals surface area contributed by atoms with Gasteiger partial charge >= 0.3 is 0 Å². The lowest BCUT2D eigenvalue weighted by Crippen LogP contribution is -2.36. The molecule has 1 aliphatic rings. The SMILES string of the molecule is O=C(Cc1ccc([N+](=O)[O-])cc1)Nc1ccccc1C(=O)NC1CCCCC1. The van der Waals surface area contributed by atoms with Gasteiger partial charge in [-0.05, 0) is 30.5 Å². The van der Waals surface area contributed by atoms with Crippen LogP contribution in [0.4, 0.5) is 11.4 Å². The van der Waals surface area contributed by atoms with E-state index in [1.54, 1.807) is 36.4 Å². The van der Waals surface area contributed by atoms with Gasteiger partial charge < -0.3 is 10.6 Å². The number of para-hydroxylation sites is 1. The number of hydrogen-bond donors (Lipinski definition) is 2. The van der Waals surface area contributed by atoms with E-state index in [4.69, 9.17) is 0 Å². The highest BCUT2D eigenvalue weighted by atomic mass is 16.6. The number of hydrogen-bond acceptors (Lipinski definition) is 4. The molecule has 0 atom stereocenters. The molecule has 0 aromatic heterocycles. The lowest BCUT2D eigenvalue weighted by atomic mass is 9.95. The summed E-state index contributed by atoms with van der Waals surface area (Å²) in [5.41, 5.74) is 1.54. The van der Waals surface area contributed by atoms with Gasteiger partial charge in [0.05, 0.1) is 22.6 Å². The number of amides is 2. The van der Waals surface area contributed by atoms with Gasteiger partial charge in [0.1, 0.15) is 0 Å². The quantitative estimate of drug-likeness (QED) is 0.586. The normalized spacial score (nSPS) is 14.3. The van der Waals surface area contributed by atoms with Gasteiger partial charge in [0.15, 0.2) is 0 Å². The summed E-state index contributed by atoms with van der Waals surface area (Å²) in [6.45, 7) is 0. The molecule has 0 radical (unpaired) electrons. The minimum Gasteiger partial charge on any atom is -0.349 e. The van der Waals surface area contributed by atoms with Crippen LogP contribution in [0.2, 0.25) is 0 Å². The third-order valence-electron chi connectivity index (χ3n) is 4.90. The summed E-state index contributed by atoms with van der Waals surface area (Å²) >= 11 is 0. The van der Waals surface area contributed by atoms with Crippen molar-refractivity contribution in [3.05, 3.63) is 69.8 Å². The predicted octanol–water partition coefficient (Wildman–Crippen LogP) is 3.84. The molecule has 1 saturated carbocycles. The van der Waals surface area contributed by atoms with E-state index in [9.17, 15) is 19.7 Å². The molecule has 0 saturated heterocycles. The Balaban J connectivity index is 1.64. The highest BCUT2D eigenvalue weighted by Crippen LogP contribution is 2.20. The zero-order valence-corrected chi connectivity index (χ0v) is 15.5. The number of carbonyl (C=O) groups excluding carboxylic acids is 2. The fourth-order valence-electron chi connectivity index (χ4n) is 3.42. The average molecular weight is 381 g/mol. The molecule has 7 heteroatoms. The van der Waals surface area contributed by atoms with Gasteiger partial charge in [-0.2, -0.15) is 0 Å². The van der Waals surface area contributed by atoms with Crippen molar-refractivity contribution in [3.8, 4) is 0 Å². The number of nitrogens with zero attached hydrogens (tertiary/aromatic N) is 1. The minimum absolute atomic E-state index is 0.0195. The molecule has 28 heavy (non-hydrogen) atoms. The van der Waals surface area contributed by atoms with Crippen LogP contribution in [0.5, 0.6) is 0 Å². The predicted molar refractivity (Wildman–Crippen MR) is 106 cm³/mol. The lowest BCUT2D eigenvalue weighted by Gasteiger charge is -2.23. The Morgan fingerprint density at radius 2 is 1.68 bits per heavy atom. The van der Waals surface area contributed by atoms with Gasteiger partial charge in [0.2, 0.25) is 5.91 Å². The Bertz CT molecular complexity index is 858. The molecule has 2 N–H and O–H groups in total. The van der Waals surface area contributed by atoms with Gasteiger partial charge in [-0.25, -0.2) is 0 Å².